The fourth-order valence-corrected chi connectivity index (χ4v) is 4.95. The Labute approximate surface area is 184 Å². The number of nitrogens with one attached hydrogen (secondary N) is 2. The van der Waals surface area contributed by atoms with Crippen molar-refractivity contribution < 1.29 is 18.0 Å². The number of carbonyl (C=O) groups is 2. The van der Waals surface area contributed by atoms with Crippen molar-refractivity contribution in [2.75, 3.05) is 25.0 Å². The summed E-state index contributed by atoms with van der Waals surface area (Å²) in [5.41, 5.74) is 2.97. The second-order valence-electron chi connectivity index (χ2n) is 7.99. The molecule has 1 heterocycles. The molecule has 2 N–H and O–H groups in total. The van der Waals surface area contributed by atoms with E-state index in [1.54, 1.807) is 19.9 Å². The summed E-state index contributed by atoms with van der Waals surface area (Å²) in [4.78, 5) is 26.2. The van der Waals surface area contributed by atoms with Crippen molar-refractivity contribution in [2.45, 2.75) is 51.9 Å². The molecular weight excluding hydrogens is 416 g/mol. The summed E-state index contributed by atoms with van der Waals surface area (Å²) < 4.78 is 26.7. The number of likely N-dealkylation sites (N-methyl/N-ethyl adjacent to an activating group) is 1. The van der Waals surface area contributed by atoms with E-state index in [4.69, 9.17) is 0 Å². The first-order valence-electron chi connectivity index (χ1n) is 10.5. The van der Waals surface area contributed by atoms with Gasteiger partial charge < -0.3 is 10.7 Å². The zero-order valence-corrected chi connectivity index (χ0v) is 19.7. The number of benzene rings is 1. The van der Waals surface area contributed by atoms with E-state index >= 15 is 0 Å². The molecule has 1 aromatic carbocycles. The van der Waals surface area contributed by atoms with Gasteiger partial charge in [-0.25, -0.2) is 8.42 Å². The minimum atomic E-state index is -3.82. The number of allylic oxidation sites excluding steroid dienone is 2. The van der Waals surface area contributed by atoms with E-state index in [2.05, 4.69) is 15.8 Å². The first-order chi connectivity index (χ1) is 14.6. The Hall–Kier alpha value is -2.52. The summed E-state index contributed by atoms with van der Waals surface area (Å²) in [6.07, 6.45) is 2.77. The van der Waals surface area contributed by atoms with E-state index in [1.807, 2.05) is 20.9 Å². The Kier molecular flexibility index (Phi) is 8.14. The Bertz CT molecular complexity index is 979. The van der Waals surface area contributed by atoms with Crippen LogP contribution in [0.2, 0.25) is 0 Å². The highest BCUT2D eigenvalue weighted by atomic mass is 32.2. The van der Waals surface area contributed by atoms with E-state index in [-0.39, 0.29) is 28.0 Å². The molecule has 0 radical (unpaired) electrons. The summed E-state index contributed by atoms with van der Waals surface area (Å²) in [7, 11) is -1.99. The molecule has 1 fully saturated rings. The average molecular weight is 449 g/mol. The van der Waals surface area contributed by atoms with Crippen LogP contribution >= 0.6 is 0 Å². The Morgan fingerprint density at radius 3 is 2.29 bits per heavy atom. The summed E-state index contributed by atoms with van der Waals surface area (Å²) >= 11 is 0. The molecule has 0 aliphatic carbocycles. The molecule has 2 amide bonds. The summed E-state index contributed by atoms with van der Waals surface area (Å²) in [6.45, 7) is 8.45. The third-order valence-electron chi connectivity index (χ3n) is 5.03. The molecule has 2 rings (SSSR count). The maximum atomic E-state index is 13.3. The van der Waals surface area contributed by atoms with Gasteiger partial charge in [0.05, 0.1) is 26.6 Å². The molecule has 0 bridgehead atoms. The lowest BCUT2D eigenvalue weighted by Crippen LogP contribution is -2.32. The van der Waals surface area contributed by atoms with Gasteiger partial charge in [0.2, 0.25) is 21.7 Å². The molecule has 0 unspecified atom stereocenters. The maximum absolute atomic E-state index is 13.3. The molecule has 8 nitrogen and oxygen atoms in total. The Morgan fingerprint density at radius 2 is 1.81 bits per heavy atom. The molecular formula is C22H32N4O4S. The van der Waals surface area contributed by atoms with Crippen LogP contribution in [0.5, 0.6) is 0 Å². The fraction of sp³-hybridized carbons (Fsp3) is 0.500. The van der Waals surface area contributed by atoms with E-state index in [1.165, 1.54) is 24.3 Å². The second-order valence-corrected chi connectivity index (χ2v) is 9.91. The number of imide groups is 1. The molecule has 0 atom stereocenters. The monoisotopic (exact) mass is 448 g/mol. The predicted octanol–water partition coefficient (Wildman–Crippen LogP) is 2.62. The van der Waals surface area contributed by atoms with Crippen LogP contribution in [0, 0.1) is 5.41 Å². The standard InChI is InChI=1S/C22H32N4O4S/c1-6-8-19(18(7-2)25-24-14-13-23-5)31(29,30)17-11-9-16(10-12-17)26-20(27)15-22(3,4)21(26)28/h8-12,23-24H,6-7,13-15H2,1-5H3/b19-8-,25-18-. The van der Waals surface area contributed by atoms with E-state index < -0.39 is 15.3 Å². The molecule has 1 aliphatic heterocycles. The van der Waals surface area contributed by atoms with Crippen LogP contribution in [0.3, 0.4) is 0 Å². The van der Waals surface area contributed by atoms with Gasteiger partial charge in [0.1, 0.15) is 0 Å². The maximum Gasteiger partial charge on any atom is 0.239 e. The van der Waals surface area contributed by atoms with Gasteiger partial charge in [-0.3, -0.25) is 14.5 Å². The van der Waals surface area contributed by atoms with Crippen molar-refractivity contribution in [3.05, 3.63) is 35.2 Å². The third kappa shape index (κ3) is 5.40. The molecule has 0 aromatic heterocycles. The van der Waals surface area contributed by atoms with Crippen molar-refractivity contribution in [3.8, 4) is 0 Å². The number of nitrogens with zero attached hydrogens (tertiary/aromatic N) is 2. The molecule has 31 heavy (non-hydrogen) atoms. The molecule has 0 saturated carbocycles. The number of rotatable bonds is 10. The second kappa shape index (κ2) is 10.2. The number of hydrazone groups is 1. The molecule has 170 valence electrons. The van der Waals surface area contributed by atoms with Crippen LogP contribution in [0.15, 0.2) is 45.2 Å². The molecule has 1 aliphatic rings. The topological polar surface area (TPSA) is 108 Å². The van der Waals surface area contributed by atoms with Crippen LogP contribution in [0.4, 0.5) is 5.69 Å². The lowest BCUT2D eigenvalue weighted by Gasteiger charge is -2.18. The van der Waals surface area contributed by atoms with Crippen LogP contribution in [-0.2, 0) is 19.4 Å². The average Bonchev–Trinajstić information content (AvgIpc) is 2.93. The van der Waals surface area contributed by atoms with Crippen molar-refractivity contribution in [1.82, 2.24) is 10.7 Å². The zero-order valence-electron chi connectivity index (χ0n) is 18.9. The van der Waals surface area contributed by atoms with Crippen LogP contribution < -0.4 is 15.6 Å². The number of carbonyl (C=O) groups excluding carboxylic acids is 2. The molecule has 0 spiro atoms. The fourth-order valence-electron chi connectivity index (χ4n) is 3.32. The molecule has 1 saturated heterocycles. The number of sulfone groups is 1. The van der Waals surface area contributed by atoms with Crippen molar-refractivity contribution in [1.29, 1.82) is 0 Å². The molecule has 9 heteroatoms. The lowest BCUT2D eigenvalue weighted by molar-refractivity contribution is -0.124. The van der Waals surface area contributed by atoms with Gasteiger partial charge >= 0.3 is 0 Å². The van der Waals surface area contributed by atoms with E-state index in [9.17, 15) is 18.0 Å². The highest BCUT2D eigenvalue weighted by Gasteiger charge is 2.45. The SMILES string of the molecule is CC/C=C(/C(CC)=N\NCCNC)S(=O)(=O)c1ccc(N2C(=O)CC(C)(C)C2=O)cc1. The van der Waals surface area contributed by atoms with Gasteiger partial charge in [0.25, 0.3) is 0 Å². The number of anilines is 1. The van der Waals surface area contributed by atoms with E-state index in [0.717, 1.165) is 4.90 Å². The summed E-state index contributed by atoms with van der Waals surface area (Å²) in [5.74, 6) is -0.571. The van der Waals surface area contributed by atoms with Crippen LogP contribution in [-0.4, -0.2) is 46.1 Å². The largest absolute Gasteiger partial charge is 0.318 e. The van der Waals surface area contributed by atoms with Gasteiger partial charge in [0.15, 0.2) is 0 Å². The Balaban J connectivity index is 2.36. The zero-order chi connectivity index (χ0) is 23.2. The first kappa shape index (κ1) is 24.7. The lowest BCUT2D eigenvalue weighted by atomic mass is 9.92. The van der Waals surface area contributed by atoms with Gasteiger partial charge in [-0.15, -0.1) is 0 Å². The third-order valence-corrected chi connectivity index (χ3v) is 6.90. The highest BCUT2D eigenvalue weighted by Crippen LogP contribution is 2.35. The first-order valence-corrected chi connectivity index (χ1v) is 12.0. The highest BCUT2D eigenvalue weighted by molar-refractivity contribution is 7.96. The van der Waals surface area contributed by atoms with E-state index in [0.29, 0.717) is 37.3 Å². The minimum Gasteiger partial charge on any atom is -0.318 e. The molecule has 1 aromatic rings. The smallest absolute Gasteiger partial charge is 0.239 e. The minimum absolute atomic E-state index is 0.0886. The van der Waals surface area contributed by atoms with Crippen molar-refractivity contribution in [3.63, 3.8) is 0 Å². The predicted molar refractivity (Wildman–Crippen MR) is 123 cm³/mol. The number of hydrogen-bond acceptors (Lipinski definition) is 7. The Morgan fingerprint density at radius 1 is 1.16 bits per heavy atom. The van der Waals surface area contributed by atoms with Crippen molar-refractivity contribution >= 4 is 33.1 Å². The normalized spacial score (nSPS) is 17.4. The van der Waals surface area contributed by atoms with Crippen LogP contribution in [0.25, 0.3) is 0 Å². The van der Waals surface area contributed by atoms with Gasteiger partial charge in [-0.05, 0) is 44.2 Å². The van der Waals surface area contributed by atoms with Crippen molar-refractivity contribution in [2.24, 2.45) is 10.5 Å². The van der Waals surface area contributed by atoms with Gasteiger partial charge in [-0.2, -0.15) is 5.10 Å². The quantitative estimate of drug-likeness (QED) is 0.247. The summed E-state index contributed by atoms with van der Waals surface area (Å²) in [6, 6.07) is 5.87. The van der Waals surface area contributed by atoms with Gasteiger partial charge in [0, 0.05) is 19.5 Å². The number of amides is 2. The van der Waals surface area contributed by atoms with Gasteiger partial charge in [-0.1, -0.05) is 33.8 Å². The van der Waals surface area contributed by atoms with Crippen LogP contribution in [0.1, 0.15) is 47.0 Å². The summed E-state index contributed by atoms with van der Waals surface area (Å²) in [5, 5.41) is 7.28. The number of hydrogen-bond donors (Lipinski definition) is 2.